The second-order valence-electron chi connectivity index (χ2n) is 4.17. The molecule has 0 aliphatic rings. The molecule has 2 rings (SSSR count). The van der Waals surface area contributed by atoms with Crippen molar-refractivity contribution in [2.45, 2.75) is 0 Å². The maximum atomic E-state index is 11.7. The number of benzene rings is 1. The zero-order valence-corrected chi connectivity index (χ0v) is 11.6. The number of carbonyl (C=O) groups excluding carboxylic acids is 1. The van der Waals surface area contributed by atoms with Crippen LogP contribution in [0.2, 0.25) is 0 Å². The zero-order valence-electron chi connectivity index (χ0n) is 11.6. The van der Waals surface area contributed by atoms with Crippen LogP contribution in [-0.4, -0.2) is 34.8 Å². The van der Waals surface area contributed by atoms with E-state index >= 15 is 0 Å². The lowest BCUT2D eigenvalue weighted by atomic mass is 10.2. The Bertz CT molecular complexity index is 756. The molecule has 0 saturated carbocycles. The average Bonchev–Trinajstić information content (AvgIpc) is 2.74. The molecule has 0 radical (unpaired) electrons. The third kappa shape index (κ3) is 2.91. The summed E-state index contributed by atoms with van der Waals surface area (Å²) in [6.07, 6.45) is 0. The van der Waals surface area contributed by atoms with E-state index in [1.54, 1.807) is 29.9 Å². The van der Waals surface area contributed by atoms with Gasteiger partial charge in [-0.3, -0.25) is 4.68 Å². The summed E-state index contributed by atoms with van der Waals surface area (Å²) >= 11 is 0. The first kappa shape index (κ1) is 14.3. The topological polar surface area (TPSA) is 147 Å². The van der Waals surface area contributed by atoms with E-state index in [4.69, 9.17) is 21.9 Å². The molecule has 0 aliphatic carbocycles. The van der Waals surface area contributed by atoms with E-state index < -0.39 is 5.97 Å². The number of fused-ring (bicyclic) bond motifs is 1. The fourth-order valence-electron chi connectivity index (χ4n) is 1.86. The maximum absolute atomic E-state index is 11.7. The smallest absolute Gasteiger partial charge is 0.359 e. The standard InChI is InChI=1S/C12H15N7O2/c1-19-8-4-3-6(16-12(15)17-11(13)14)5-7(8)9(18-19)10(20)21-2/h3-5H,1-2H3,(H6,13,14,15,16,17). The van der Waals surface area contributed by atoms with E-state index in [9.17, 15) is 4.79 Å². The van der Waals surface area contributed by atoms with Gasteiger partial charge in [-0.05, 0) is 18.2 Å². The Morgan fingerprint density at radius 1 is 1.33 bits per heavy atom. The van der Waals surface area contributed by atoms with Crippen LogP contribution in [0.3, 0.4) is 0 Å². The Morgan fingerprint density at radius 2 is 2.05 bits per heavy atom. The number of aromatic nitrogens is 2. The van der Waals surface area contributed by atoms with Crippen molar-refractivity contribution in [3.05, 3.63) is 23.9 Å². The summed E-state index contributed by atoms with van der Waals surface area (Å²) in [4.78, 5) is 19.4. The van der Waals surface area contributed by atoms with Crippen LogP contribution >= 0.6 is 0 Å². The van der Waals surface area contributed by atoms with Crippen LogP contribution in [0, 0.1) is 0 Å². The van der Waals surface area contributed by atoms with Gasteiger partial charge in [-0.1, -0.05) is 0 Å². The number of rotatable bonds is 2. The van der Waals surface area contributed by atoms with E-state index in [1.807, 2.05) is 0 Å². The van der Waals surface area contributed by atoms with Crippen molar-refractivity contribution in [1.82, 2.24) is 9.78 Å². The summed E-state index contributed by atoms with van der Waals surface area (Å²) < 4.78 is 6.28. The van der Waals surface area contributed by atoms with Crippen LogP contribution in [0.4, 0.5) is 5.69 Å². The lowest BCUT2D eigenvalue weighted by Crippen LogP contribution is -2.26. The number of guanidine groups is 2. The molecule has 0 fully saturated rings. The van der Waals surface area contributed by atoms with Gasteiger partial charge in [0.2, 0.25) is 5.96 Å². The maximum Gasteiger partial charge on any atom is 0.359 e. The fraction of sp³-hybridized carbons (Fsp3) is 0.167. The average molecular weight is 289 g/mol. The minimum absolute atomic E-state index is 0.0853. The number of aliphatic imine (C=N–C) groups is 2. The van der Waals surface area contributed by atoms with Crippen molar-refractivity contribution in [3.63, 3.8) is 0 Å². The molecule has 0 atom stereocenters. The van der Waals surface area contributed by atoms with Crippen molar-refractivity contribution in [2.24, 2.45) is 34.2 Å². The van der Waals surface area contributed by atoms with Crippen LogP contribution in [0.1, 0.15) is 10.5 Å². The summed E-state index contributed by atoms with van der Waals surface area (Å²) in [5, 5.41) is 4.72. The molecule has 9 nitrogen and oxygen atoms in total. The number of methoxy groups -OCH3 is 1. The first-order valence-electron chi connectivity index (χ1n) is 5.91. The first-order valence-corrected chi connectivity index (χ1v) is 5.91. The molecule has 9 heteroatoms. The molecule has 21 heavy (non-hydrogen) atoms. The zero-order chi connectivity index (χ0) is 15.6. The molecule has 6 N–H and O–H groups in total. The van der Waals surface area contributed by atoms with E-state index in [1.165, 1.54) is 7.11 Å². The van der Waals surface area contributed by atoms with E-state index in [0.717, 1.165) is 5.52 Å². The number of nitrogens with two attached hydrogens (primary N) is 3. The highest BCUT2D eigenvalue weighted by molar-refractivity contribution is 6.03. The van der Waals surface area contributed by atoms with Gasteiger partial charge in [-0.15, -0.1) is 0 Å². The van der Waals surface area contributed by atoms with Crippen molar-refractivity contribution in [2.75, 3.05) is 7.11 Å². The van der Waals surface area contributed by atoms with Crippen LogP contribution in [0.5, 0.6) is 0 Å². The minimum atomic E-state index is -0.529. The molecule has 0 amide bonds. The molecule has 2 aromatic rings. The van der Waals surface area contributed by atoms with Crippen molar-refractivity contribution < 1.29 is 9.53 Å². The number of aryl methyl sites for hydroxylation is 1. The summed E-state index contributed by atoms with van der Waals surface area (Å²) in [6.45, 7) is 0. The lowest BCUT2D eigenvalue weighted by molar-refractivity contribution is 0.0595. The van der Waals surface area contributed by atoms with Crippen LogP contribution in [0.15, 0.2) is 28.2 Å². The summed E-state index contributed by atoms with van der Waals surface area (Å²) in [5.41, 5.74) is 17.4. The third-order valence-electron chi connectivity index (χ3n) is 2.70. The van der Waals surface area contributed by atoms with Crippen LogP contribution in [0.25, 0.3) is 10.9 Å². The second kappa shape index (κ2) is 5.49. The Hall–Kier alpha value is -3.10. The second-order valence-corrected chi connectivity index (χ2v) is 4.17. The molecular formula is C12H15N7O2. The lowest BCUT2D eigenvalue weighted by Gasteiger charge is -1.98. The monoisotopic (exact) mass is 289 g/mol. The highest BCUT2D eigenvalue weighted by Gasteiger charge is 2.16. The van der Waals surface area contributed by atoms with Gasteiger partial charge in [0, 0.05) is 12.4 Å². The molecule has 0 unspecified atom stereocenters. The van der Waals surface area contributed by atoms with Crippen molar-refractivity contribution in [1.29, 1.82) is 0 Å². The Labute approximate surface area is 120 Å². The molecule has 1 aromatic carbocycles. The first-order chi connectivity index (χ1) is 9.92. The number of ether oxygens (including phenoxy) is 1. The Kier molecular flexibility index (Phi) is 3.74. The predicted octanol–water partition coefficient (Wildman–Crippen LogP) is -0.420. The highest BCUT2D eigenvalue weighted by Crippen LogP contribution is 2.24. The molecular weight excluding hydrogens is 274 g/mol. The molecule has 0 bridgehead atoms. The molecule has 0 saturated heterocycles. The predicted molar refractivity (Wildman–Crippen MR) is 79.1 cm³/mol. The van der Waals surface area contributed by atoms with Gasteiger partial charge in [0.1, 0.15) is 0 Å². The molecule has 1 heterocycles. The number of esters is 1. The number of carbonyl (C=O) groups is 1. The van der Waals surface area contributed by atoms with E-state index in [0.29, 0.717) is 11.1 Å². The van der Waals surface area contributed by atoms with Gasteiger partial charge in [0.15, 0.2) is 11.7 Å². The largest absolute Gasteiger partial charge is 0.464 e. The molecule has 0 aliphatic heterocycles. The SMILES string of the molecule is COC(=O)c1nn(C)c2ccc(N=C(N)N=C(N)N)cc12. The Balaban J connectivity index is 2.55. The van der Waals surface area contributed by atoms with Gasteiger partial charge >= 0.3 is 5.97 Å². The van der Waals surface area contributed by atoms with Gasteiger partial charge < -0.3 is 21.9 Å². The normalized spacial score (nSPS) is 11.4. The highest BCUT2D eigenvalue weighted by atomic mass is 16.5. The number of nitrogens with zero attached hydrogens (tertiary/aromatic N) is 4. The minimum Gasteiger partial charge on any atom is -0.464 e. The molecule has 1 aromatic heterocycles. The summed E-state index contributed by atoms with van der Waals surface area (Å²) in [7, 11) is 3.02. The van der Waals surface area contributed by atoms with Crippen LogP contribution < -0.4 is 17.2 Å². The van der Waals surface area contributed by atoms with Gasteiger partial charge in [0.25, 0.3) is 0 Å². The van der Waals surface area contributed by atoms with E-state index in [2.05, 4.69) is 15.1 Å². The number of hydrogen-bond acceptors (Lipinski definition) is 4. The van der Waals surface area contributed by atoms with E-state index in [-0.39, 0.29) is 17.6 Å². The number of hydrogen-bond donors (Lipinski definition) is 3. The Morgan fingerprint density at radius 3 is 2.67 bits per heavy atom. The van der Waals surface area contributed by atoms with Crippen molar-refractivity contribution in [3.8, 4) is 0 Å². The summed E-state index contributed by atoms with van der Waals surface area (Å²) in [5.74, 6) is -0.800. The van der Waals surface area contributed by atoms with Crippen molar-refractivity contribution >= 4 is 34.5 Å². The third-order valence-corrected chi connectivity index (χ3v) is 2.70. The summed E-state index contributed by atoms with van der Waals surface area (Å²) in [6, 6.07) is 5.13. The van der Waals surface area contributed by atoms with Crippen LogP contribution in [-0.2, 0) is 11.8 Å². The molecule has 0 spiro atoms. The van der Waals surface area contributed by atoms with Gasteiger partial charge in [0.05, 0.1) is 18.3 Å². The fourth-order valence-corrected chi connectivity index (χ4v) is 1.86. The molecule has 110 valence electrons. The van der Waals surface area contributed by atoms with Gasteiger partial charge in [-0.25, -0.2) is 9.79 Å². The van der Waals surface area contributed by atoms with Gasteiger partial charge in [-0.2, -0.15) is 10.1 Å². The quantitative estimate of drug-likeness (QED) is 0.388.